The summed E-state index contributed by atoms with van der Waals surface area (Å²) in [7, 11) is 0. The van der Waals surface area contributed by atoms with Crippen LogP contribution in [-0.2, 0) is 0 Å². The topological polar surface area (TPSA) is 0 Å². The zero-order chi connectivity index (χ0) is 22.4. The molecule has 0 heteroatoms. The Morgan fingerprint density at radius 2 is 1.25 bits per heavy atom. The Morgan fingerprint density at radius 1 is 0.625 bits per heavy atom. The maximum Gasteiger partial charge on any atom is -0.0162 e. The van der Waals surface area contributed by atoms with E-state index in [2.05, 4.69) is 44.2 Å². The fraction of sp³-hybridized carbons (Fsp3) is 0.750. The van der Waals surface area contributed by atoms with Gasteiger partial charge in [0.15, 0.2) is 0 Å². The van der Waals surface area contributed by atoms with Gasteiger partial charge in [-0.3, -0.25) is 0 Å². The zero-order valence-corrected chi connectivity index (χ0v) is 21.6. The third-order valence-corrected chi connectivity index (χ3v) is 8.55. The summed E-state index contributed by atoms with van der Waals surface area (Å²) < 4.78 is 0. The van der Waals surface area contributed by atoms with Crippen LogP contribution in [0, 0.1) is 11.8 Å². The van der Waals surface area contributed by atoms with Crippen molar-refractivity contribution in [2.75, 3.05) is 0 Å². The minimum Gasteiger partial charge on any atom is -0.0804 e. The molecule has 0 radical (unpaired) electrons. The van der Waals surface area contributed by atoms with Gasteiger partial charge in [0, 0.05) is 0 Å². The highest BCUT2D eigenvalue weighted by Crippen LogP contribution is 2.39. The van der Waals surface area contributed by atoms with Crippen LogP contribution in [0.2, 0.25) is 0 Å². The monoisotopic (exact) mass is 436 g/mol. The Morgan fingerprint density at radius 3 is 1.88 bits per heavy atom. The van der Waals surface area contributed by atoms with Crippen molar-refractivity contribution >= 4 is 5.57 Å². The molecule has 0 nitrogen and oxygen atoms in total. The second-order valence-electron chi connectivity index (χ2n) is 11.1. The number of allylic oxidation sites excluding steroid dienone is 2. The molecule has 2 aliphatic rings. The smallest absolute Gasteiger partial charge is 0.0162 e. The van der Waals surface area contributed by atoms with Gasteiger partial charge >= 0.3 is 0 Å². The molecule has 1 saturated carbocycles. The molecular formula is C32H52. The first-order valence-electron chi connectivity index (χ1n) is 14.6. The summed E-state index contributed by atoms with van der Waals surface area (Å²) in [6.07, 6.45) is 29.6. The van der Waals surface area contributed by atoms with Crippen molar-refractivity contribution in [3.05, 3.63) is 41.5 Å². The van der Waals surface area contributed by atoms with Crippen LogP contribution < -0.4 is 0 Å². The van der Waals surface area contributed by atoms with E-state index in [0.717, 1.165) is 17.8 Å². The van der Waals surface area contributed by atoms with E-state index in [1.54, 1.807) is 11.1 Å². The quantitative estimate of drug-likeness (QED) is 0.254. The molecule has 1 unspecified atom stereocenters. The molecule has 1 fully saturated rings. The van der Waals surface area contributed by atoms with Gasteiger partial charge in [0.25, 0.3) is 0 Å². The average Bonchev–Trinajstić information content (AvgIpc) is 2.85. The average molecular weight is 437 g/mol. The van der Waals surface area contributed by atoms with Crippen LogP contribution in [0.25, 0.3) is 5.57 Å². The van der Waals surface area contributed by atoms with Gasteiger partial charge in [-0.25, -0.2) is 0 Å². The van der Waals surface area contributed by atoms with Crippen LogP contribution in [0.5, 0.6) is 0 Å². The lowest BCUT2D eigenvalue weighted by molar-refractivity contribution is 0.304. The van der Waals surface area contributed by atoms with Crippen molar-refractivity contribution in [3.63, 3.8) is 0 Å². The molecule has 3 rings (SSSR count). The van der Waals surface area contributed by atoms with E-state index in [4.69, 9.17) is 0 Å². The second-order valence-corrected chi connectivity index (χ2v) is 11.1. The third-order valence-electron chi connectivity index (χ3n) is 8.55. The minimum atomic E-state index is 0.818. The Bertz CT molecular complexity index is 629. The first-order valence-corrected chi connectivity index (χ1v) is 14.6. The molecule has 1 aromatic rings. The minimum absolute atomic E-state index is 0.818. The van der Waals surface area contributed by atoms with Gasteiger partial charge in [-0.1, -0.05) is 121 Å². The number of unbranched alkanes of at least 4 members (excludes halogenated alkanes) is 8. The molecule has 32 heavy (non-hydrogen) atoms. The molecule has 1 aromatic carbocycles. The normalized spacial score (nSPS) is 23.8. The molecular weight excluding hydrogens is 384 g/mol. The zero-order valence-electron chi connectivity index (χ0n) is 21.6. The van der Waals surface area contributed by atoms with E-state index >= 15 is 0 Å². The van der Waals surface area contributed by atoms with Gasteiger partial charge in [-0.05, 0) is 79.4 Å². The highest BCUT2D eigenvalue weighted by Gasteiger charge is 2.22. The van der Waals surface area contributed by atoms with Crippen molar-refractivity contribution in [1.82, 2.24) is 0 Å². The number of benzene rings is 1. The summed E-state index contributed by atoms with van der Waals surface area (Å²) in [5.41, 5.74) is 4.72. The molecule has 0 spiro atoms. The molecule has 0 amide bonds. The van der Waals surface area contributed by atoms with Crippen LogP contribution in [0.15, 0.2) is 30.3 Å². The van der Waals surface area contributed by atoms with Gasteiger partial charge < -0.3 is 0 Å². The van der Waals surface area contributed by atoms with Crippen LogP contribution in [0.1, 0.15) is 153 Å². The number of rotatable bonds is 14. The predicted molar refractivity (Wildman–Crippen MR) is 143 cm³/mol. The largest absolute Gasteiger partial charge is 0.0804 e. The molecule has 2 aliphatic carbocycles. The lowest BCUT2D eigenvalue weighted by Crippen LogP contribution is -2.13. The Balaban J connectivity index is 1.34. The van der Waals surface area contributed by atoms with Crippen molar-refractivity contribution in [2.45, 2.75) is 142 Å². The second kappa shape index (κ2) is 15.0. The Kier molecular flexibility index (Phi) is 12.0. The van der Waals surface area contributed by atoms with Crippen molar-refractivity contribution in [3.8, 4) is 0 Å². The summed E-state index contributed by atoms with van der Waals surface area (Å²) in [6, 6.07) is 9.78. The summed E-state index contributed by atoms with van der Waals surface area (Å²) in [4.78, 5) is 0. The maximum atomic E-state index is 2.58. The fourth-order valence-corrected chi connectivity index (χ4v) is 6.23. The Hall–Kier alpha value is -1.04. The number of hydrogen-bond acceptors (Lipinski definition) is 0. The summed E-state index contributed by atoms with van der Waals surface area (Å²) in [6.45, 7) is 4.63. The standard InChI is InChI=1S/C32H52/c1-3-5-7-8-9-10-11-12-14-28-17-21-30(22-18-28)32-25-23-31(24-26-32)29-19-15-27(16-20-29)13-6-4-2/h21,23-29H,3-20,22H2,1-2H3/t27-,28?,29-. The highest BCUT2D eigenvalue weighted by molar-refractivity contribution is 5.66. The van der Waals surface area contributed by atoms with Crippen LogP contribution >= 0.6 is 0 Å². The fourth-order valence-electron chi connectivity index (χ4n) is 6.23. The summed E-state index contributed by atoms with van der Waals surface area (Å²) in [5, 5.41) is 0. The molecule has 0 aliphatic heterocycles. The first kappa shape index (κ1) is 25.6. The molecule has 0 aromatic heterocycles. The van der Waals surface area contributed by atoms with E-state index in [1.165, 1.54) is 128 Å². The lowest BCUT2D eigenvalue weighted by Gasteiger charge is -2.29. The molecule has 180 valence electrons. The Labute approximate surface area is 200 Å². The predicted octanol–water partition coefficient (Wildman–Crippen LogP) is 10.9. The molecule has 1 atom stereocenters. The van der Waals surface area contributed by atoms with Crippen molar-refractivity contribution < 1.29 is 0 Å². The van der Waals surface area contributed by atoms with E-state index in [-0.39, 0.29) is 0 Å². The highest BCUT2D eigenvalue weighted by atomic mass is 14.3. The van der Waals surface area contributed by atoms with Gasteiger partial charge in [0.1, 0.15) is 0 Å². The molecule has 0 heterocycles. The lowest BCUT2D eigenvalue weighted by atomic mass is 9.76. The van der Waals surface area contributed by atoms with Gasteiger partial charge in [-0.2, -0.15) is 0 Å². The van der Waals surface area contributed by atoms with Crippen LogP contribution in [0.4, 0.5) is 0 Å². The molecule has 0 saturated heterocycles. The van der Waals surface area contributed by atoms with Gasteiger partial charge in [0.05, 0.1) is 0 Å². The SMILES string of the molecule is CCCCCCCCCCC1CC=C(c2ccc([C@H]3CC[C@H](CCCC)CC3)cc2)CC1. The van der Waals surface area contributed by atoms with Crippen molar-refractivity contribution in [1.29, 1.82) is 0 Å². The van der Waals surface area contributed by atoms with Crippen LogP contribution in [-0.4, -0.2) is 0 Å². The van der Waals surface area contributed by atoms with Gasteiger partial charge in [0.2, 0.25) is 0 Å². The number of hydrogen-bond donors (Lipinski definition) is 0. The van der Waals surface area contributed by atoms with Gasteiger partial charge in [-0.15, -0.1) is 0 Å². The molecule has 0 bridgehead atoms. The van der Waals surface area contributed by atoms with E-state index in [9.17, 15) is 0 Å². The van der Waals surface area contributed by atoms with E-state index < -0.39 is 0 Å². The molecule has 0 N–H and O–H groups in total. The first-order chi connectivity index (χ1) is 15.8. The van der Waals surface area contributed by atoms with E-state index in [0.29, 0.717) is 0 Å². The van der Waals surface area contributed by atoms with Crippen LogP contribution in [0.3, 0.4) is 0 Å². The summed E-state index contributed by atoms with van der Waals surface area (Å²) >= 11 is 0. The van der Waals surface area contributed by atoms with E-state index in [1.807, 2.05) is 0 Å². The summed E-state index contributed by atoms with van der Waals surface area (Å²) in [5.74, 6) is 2.77. The maximum absolute atomic E-state index is 2.58. The van der Waals surface area contributed by atoms with Crippen molar-refractivity contribution in [2.24, 2.45) is 11.8 Å². The third kappa shape index (κ3) is 8.72.